The quantitative estimate of drug-likeness (QED) is 0.0703. The molecule has 5 rings (SSSR count). The molecule has 308 valence electrons. The van der Waals surface area contributed by atoms with E-state index in [1.54, 1.807) is 13.8 Å². The minimum Gasteiger partial charge on any atom is -0.507 e. The van der Waals surface area contributed by atoms with Crippen LogP contribution >= 0.6 is 0 Å². The van der Waals surface area contributed by atoms with Crippen molar-refractivity contribution in [3.05, 3.63) is 48.6 Å². The second kappa shape index (κ2) is 16.9. The van der Waals surface area contributed by atoms with Crippen LogP contribution in [0.1, 0.15) is 26.7 Å². The Kier molecular flexibility index (Phi) is 12.8. The summed E-state index contributed by atoms with van der Waals surface area (Å²) in [4.78, 5) is 50.1. The fraction of sp³-hybridized carbons (Fsp3) is 0.405. The summed E-state index contributed by atoms with van der Waals surface area (Å²) in [6.07, 6.45) is 2.65. The Morgan fingerprint density at radius 1 is 0.789 bits per heavy atom. The lowest BCUT2D eigenvalue weighted by Crippen LogP contribution is -2.51. The number of carbonyl (C=O) groups is 4. The highest BCUT2D eigenvalue weighted by Crippen LogP contribution is 2.45. The average Bonchev–Trinajstić information content (AvgIpc) is 3.14. The van der Waals surface area contributed by atoms with Crippen molar-refractivity contribution in [3.8, 4) is 5.75 Å². The van der Waals surface area contributed by atoms with Crippen molar-refractivity contribution in [2.75, 3.05) is 65.0 Å². The van der Waals surface area contributed by atoms with Gasteiger partial charge in [0, 0.05) is 89.7 Å². The van der Waals surface area contributed by atoms with Gasteiger partial charge in [0.1, 0.15) is 25.0 Å². The molecule has 57 heavy (non-hydrogen) atoms. The summed E-state index contributed by atoms with van der Waals surface area (Å²) in [5, 5.41) is 19.8. The predicted molar refractivity (Wildman–Crippen MR) is 212 cm³/mol. The molecule has 1 unspecified atom stereocenters. The van der Waals surface area contributed by atoms with Crippen molar-refractivity contribution in [1.82, 2.24) is 25.2 Å². The van der Waals surface area contributed by atoms with Crippen LogP contribution in [-0.4, -0.2) is 134 Å². The van der Waals surface area contributed by atoms with Crippen LogP contribution in [0.4, 0.5) is 0 Å². The number of amides is 4. The van der Waals surface area contributed by atoms with Gasteiger partial charge < -0.3 is 30.7 Å². The van der Waals surface area contributed by atoms with E-state index in [2.05, 4.69) is 22.5 Å². The number of rotatable bonds is 16. The molecular formula is C37H45N5O12S3. The maximum absolute atomic E-state index is 14.3. The lowest BCUT2D eigenvalue weighted by molar-refractivity contribution is -0.140. The SMILES string of the molecule is C=C(C)C(=O)NCCCNC(=O)C(CC)NC(=O)COCC(=O)N1CCN(S(=O)(=O)c2cc(S(C)(=O)=O)c3ccc4c(O)cc(S(C)(=O)=O)c5ccc2c3c45)CC1. The molecule has 0 aliphatic carbocycles. The van der Waals surface area contributed by atoms with Crippen molar-refractivity contribution >= 4 is 85.6 Å². The number of aromatic hydroxyl groups is 1. The smallest absolute Gasteiger partial charge is 0.248 e. The Labute approximate surface area is 330 Å². The first-order chi connectivity index (χ1) is 26.7. The number of nitrogens with one attached hydrogen (secondary N) is 3. The van der Waals surface area contributed by atoms with Crippen LogP contribution < -0.4 is 16.0 Å². The Morgan fingerprint density at radius 3 is 1.88 bits per heavy atom. The van der Waals surface area contributed by atoms with Gasteiger partial charge in [-0.1, -0.05) is 31.7 Å². The number of nitrogens with zero attached hydrogens (tertiary/aromatic N) is 2. The fourth-order valence-electron chi connectivity index (χ4n) is 6.71. The fourth-order valence-corrected chi connectivity index (χ4v) is 10.2. The normalized spacial score (nSPS) is 14.8. The number of phenols is 1. The largest absolute Gasteiger partial charge is 0.507 e. The number of hydrogen-bond donors (Lipinski definition) is 4. The van der Waals surface area contributed by atoms with Gasteiger partial charge in [0.2, 0.25) is 33.7 Å². The number of phenolic OH excluding ortho intramolecular Hbond substituents is 1. The molecule has 0 aromatic heterocycles. The van der Waals surface area contributed by atoms with Gasteiger partial charge in [-0.3, -0.25) is 19.2 Å². The molecule has 17 nitrogen and oxygen atoms in total. The molecule has 4 amide bonds. The summed E-state index contributed by atoms with van der Waals surface area (Å²) in [6.45, 7) is 6.03. The van der Waals surface area contributed by atoms with Gasteiger partial charge in [-0.2, -0.15) is 4.31 Å². The Morgan fingerprint density at radius 2 is 1.32 bits per heavy atom. The lowest BCUT2D eigenvalue weighted by atomic mass is 9.94. The van der Waals surface area contributed by atoms with E-state index in [0.717, 1.165) is 28.9 Å². The second-order valence-corrected chi connectivity index (χ2v) is 19.7. The maximum Gasteiger partial charge on any atom is 0.248 e. The maximum atomic E-state index is 14.3. The molecule has 1 aliphatic heterocycles. The van der Waals surface area contributed by atoms with Gasteiger partial charge in [-0.25, -0.2) is 25.3 Å². The number of carbonyl (C=O) groups excluding carboxylic acids is 4. The van der Waals surface area contributed by atoms with Crippen molar-refractivity contribution in [3.63, 3.8) is 0 Å². The van der Waals surface area contributed by atoms with Crippen molar-refractivity contribution in [2.45, 2.75) is 47.4 Å². The van der Waals surface area contributed by atoms with E-state index < -0.39 is 66.7 Å². The molecule has 0 spiro atoms. The molecule has 4 N–H and O–H groups in total. The number of sulfone groups is 2. The van der Waals surface area contributed by atoms with Crippen LogP contribution in [0.2, 0.25) is 0 Å². The molecular weight excluding hydrogens is 803 g/mol. The van der Waals surface area contributed by atoms with Crippen molar-refractivity contribution < 1.29 is 54.3 Å². The molecule has 1 fully saturated rings. The van der Waals surface area contributed by atoms with E-state index >= 15 is 0 Å². The van der Waals surface area contributed by atoms with Crippen LogP contribution in [0.3, 0.4) is 0 Å². The Bertz CT molecular complexity index is 2600. The van der Waals surface area contributed by atoms with Gasteiger partial charge in [-0.05, 0) is 38.0 Å². The summed E-state index contributed by atoms with van der Waals surface area (Å²) >= 11 is 0. The van der Waals surface area contributed by atoms with E-state index in [1.165, 1.54) is 29.2 Å². The topological polar surface area (TPSA) is 243 Å². The summed E-state index contributed by atoms with van der Waals surface area (Å²) in [7, 11) is -12.3. The lowest BCUT2D eigenvalue weighted by Gasteiger charge is -2.34. The monoisotopic (exact) mass is 847 g/mol. The molecule has 1 heterocycles. The number of ether oxygens (including phenoxy) is 1. The van der Waals surface area contributed by atoms with Crippen molar-refractivity contribution in [2.24, 2.45) is 0 Å². The van der Waals surface area contributed by atoms with Gasteiger partial charge >= 0.3 is 0 Å². The molecule has 0 saturated carbocycles. The third-order valence-electron chi connectivity index (χ3n) is 9.62. The van der Waals surface area contributed by atoms with E-state index in [0.29, 0.717) is 18.5 Å². The third kappa shape index (κ3) is 9.30. The molecule has 4 aromatic carbocycles. The molecule has 0 bridgehead atoms. The average molecular weight is 848 g/mol. The van der Waals surface area contributed by atoms with Crippen LogP contribution in [0.15, 0.2) is 63.2 Å². The summed E-state index contributed by atoms with van der Waals surface area (Å²) < 4.78 is 86.6. The van der Waals surface area contributed by atoms with E-state index in [1.807, 2.05) is 0 Å². The van der Waals surface area contributed by atoms with E-state index in [-0.39, 0.29) is 97.8 Å². The molecule has 20 heteroatoms. The van der Waals surface area contributed by atoms with Gasteiger partial charge in [0.15, 0.2) is 19.7 Å². The van der Waals surface area contributed by atoms with E-state index in [4.69, 9.17) is 4.74 Å². The summed E-state index contributed by atoms with van der Waals surface area (Å²) in [5.74, 6) is -2.21. The standard InChI is InChI=1S/C37H45N5O12S3/c1-6-27(37(47)39-13-7-12-38-36(46)22(2)3)40-32(44)20-54-21-33(45)41-14-16-42(17-15-41)57(52,53)31-19-30(56(5,50)51)25-9-8-23-28(43)18-29(55(4,48)49)24-10-11-26(31)35(25)34(23)24/h8-11,18-19,27,43H,2,6-7,12-17,20-21H2,1,3-5H3,(H,38,46)(H,39,47)(H,40,44). The number of sulfonamides is 1. The van der Waals surface area contributed by atoms with Gasteiger partial charge in [-0.15, -0.1) is 0 Å². The zero-order valence-electron chi connectivity index (χ0n) is 31.9. The first-order valence-corrected chi connectivity index (χ1v) is 23.1. The highest BCUT2D eigenvalue weighted by atomic mass is 32.2. The second-order valence-electron chi connectivity index (χ2n) is 13.9. The molecule has 1 saturated heterocycles. The number of benzene rings is 4. The van der Waals surface area contributed by atoms with Gasteiger partial charge in [0.05, 0.1) is 14.7 Å². The minimum absolute atomic E-state index is 0.0427. The highest BCUT2D eigenvalue weighted by molar-refractivity contribution is 7.91. The van der Waals surface area contributed by atoms with Crippen LogP contribution in [0.25, 0.3) is 32.3 Å². The van der Waals surface area contributed by atoms with Crippen LogP contribution in [-0.2, 0) is 53.6 Å². The molecule has 0 radical (unpaired) electrons. The third-order valence-corrected chi connectivity index (χ3v) is 13.8. The summed E-state index contributed by atoms with van der Waals surface area (Å²) in [6, 6.07) is 7.11. The predicted octanol–water partition coefficient (Wildman–Crippen LogP) is 1.04. The van der Waals surface area contributed by atoms with Crippen LogP contribution in [0, 0.1) is 0 Å². The number of piperazine rings is 1. The first kappa shape index (κ1) is 43.2. The molecule has 4 aromatic rings. The minimum atomic E-state index is -4.42. The highest BCUT2D eigenvalue weighted by Gasteiger charge is 2.34. The molecule has 1 aliphatic rings. The van der Waals surface area contributed by atoms with Crippen LogP contribution in [0.5, 0.6) is 5.75 Å². The number of hydrogen-bond acceptors (Lipinski definition) is 12. The Hall–Kier alpha value is -4.89. The Balaban J connectivity index is 1.24. The first-order valence-electron chi connectivity index (χ1n) is 17.9. The zero-order chi connectivity index (χ0) is 42.0. The van der Waals surface area contributed by atoms with Crippen molar-refractivity contribution in [1.29, 1.82) is 0 Å². The molecule has 1 atom stereocenters. The zero-order valence-corrected chi connectivity index (χ0v) is 34.3. The van der Waals surface area contributed by atoms with E-state index in [9.17, 15) is 49.5 Å². The van der Waals surface area contributed by atoms with Gasteiger partial charge in [0.25, 0.3) is 0 Å². The summed E-state index contributed by atoms with van der Waals surface area (Å²) in [5.41, 5.74) is 0.371.